The van der Waals surface area contributed by atoms with Crippen LogP contribution in [0, 0.1) is 5.92 Å². The monoisotopic (exact) mass is 215 g/mol. The molecule has 0 fully saturated rings. The zero-order valence-electron chi connectivity index (χ0n) is 10.7. The molecule has 0 aliphatic heterocycles. The van der Waals surface area contributed by atoms with Crippen LogP contribution in [0.2, 0.25) is 0 Å². The molecule has 0 heterocycles. The normalized spacial score (nSPS) is 16.9. The third-order valence-electron chi connectivity index (χ3n) is 2.85. The van der Waals surface area contributed by atoms with E-state index in [2.05, 4.69) is 33.0 Å². The van der Waals surface area contributed by atoms with E-state index >= 15 is 0 Å². The first-order valence-corrected chi connectivity index (χ1v) is 5.90. The Morgan fingerprint density at radius 3 is 2.33 bits per heavy atom. The van der Waals surface area contributed by atoms with Gasteiger partial charge in [-0.2, -0.15) is 0 Å². The smallest absolute Gasteiger partial charge is 0.323 e. The lowest BCUT2D eigenvalue weighted by atomic mass is 9.98. The number of ether oxygens (including phenoxy) is 1. The lowest BCUT2D eigenvalue weighted by Crippen LogP contribution is -2.46. The minimum Gasteiger partial charge on any atom is -0.468 e. The minimum absolute atomic E-state index is 0.146. The van der Waals surface area contributed by atoms with Crippen LogP contribution in [-0.4, -0.2) is 25.2 Å². The Kier molecular flexibility index (Phi) is 7.39. The van der Waals surface area contributed by atoms with E-state index in [0.717, 1.165) is 19.3 Å². The van der Waals surface area contributed by atoms with Gasteiger partial charge in [0, 0.05) is 6.04 Å². The maximum atomic E-state index is 11.6. The van der Waals surface area contributed by atoms with E-state index in [0.29, 0.717) is 12.0 Å². The van der Waals surface area contributed by atoms with Crippen molar-refractivity contribution in [1.29, 1.82) is 0 Å². The summed E-state index contributed by atoms with van der Waals surface area (Å²) in [6.45, 7) is 8.43. The van der Waals surface area contributed by atoms with E-state index in [1.165, 1.54) is 7.11 Å². The number of hydrogen-bond donors (Lipinski definition) is 1. The van der Waals surface area contributed by atoms with Gasteiger partial charge >= 0.3 is 5.97 Å². The van der Waals surface area contributed by atoms with E-state index in [9.17, 15) is 4.79 Å². The predicted octanol–water partition coefficient (Wildman–Crippen LogP) is 2.35. The van der Waals surface area contributed by atoms with Gasteiger partial charge in [0.2, 0.25) is 0 Å². The van der Waals surface area contributed by atoms with Crippen molar-refractivity contribution < 1.29 is 9.53 Å². The van der Waals surface area contributed by atoms with Crippen molar-refractivity contribution in [1.82, 2.24) is 5.32 Å². The van der Waals surface area contributed by atoms with Gasteiger partial charge in [0.05, 0.1) is 7.11 Å². The summed E-state index contributed by atoms with van der Waals surface area (Å²) in [5.41, 5.74) is 0. The summed E-state index contributed by atoms with van der Waals surface area (Å²) in [6.07, 6.45) is 3.19. The summed E-state index contributed by atoms with van der Waals surface area (Å²) in [4.78, 5) is 11.6. The molecule has 0 rings (SSSR count). The average molecular weight is 215 g/mol. The van der Waals surface area contributed by atoms with Crippen LogP contribution in [0.5, 0.6) is 0 Å². The Labute approximate surface area is 93.6 Å². The summed E-state index contributed by atoms with van der Waals surface area (Å²) in [5, 5.41) is 3.34. The topological polar surface area (TPSA) is 38.3 Å². The summed E-state index contributed by atoms with van der Waals surface area (Å²) in [6, 6.07) is 0.203. The van der Waals surface area contributed by atoms with Crippen LogP contribution < -0.4 is 5.32 Å². The maximum absolute atomic E-state index is 11.6. The van der Waals surface area contributed by atoms with Crippen molar-refractivity contribution >= 4 is 5.97 Å². The van der Waals surface area contributed by atoms with Crippen LogP contribution in [0.25, 0.3) is 0 Å². The number of esters is 1. The van der Waals surface area contributed by atoms with E-state index in [4.69, 9.17) is 4.74 Å². The van der Waals surface area contributed by atoms with Gasteiger partial charge in [-0.25, -0.2) is 0 Å². The summed E-state index contributed by atoms with van der Waals surface area (Å²) >= 11 is 0. The fraction of sp³-hybridized carbons (Fsp3) is 0.917. The number of rotatable bonds is 7. The fourth-order valence-corrected chi connectivity index (χ4v) is 1.65. The van der Waals surface area contributed by atoms with Crippen molar-refractivity contribution in [3.8, 4) is 0 Å². The Hall–Kier alpha value is -0.570. The fourth-order valence-electron chi connectivity index (χ4n) is 1.65. The number of carbonyl (C=O) groups is 1. The number of carbonyl (C=O) groups excluding carboxylic acids is 1. The quantitative estimate of drug-likeness (QED) is 0.662. The average Bonchev–Trinajstić information content (AvgIpc) is 2.24. The highest BCUT2D eigenvalue weighted by atomic mass is 16.5. The van der Waals surface area contributed by atoms with Crippen LogP contribution in [0.3, 0.4) is 0 Å². The molecule has 90 valence electrons. The maximum Gasteiger partial charge on any atom is 0.323 e. The van der Waals surface area contributed by atoms with Gasteiger partial charge in [0.15, 0.2) is 0 Å². The molecule has 0 aliphatic carbocycles. The molecule has 0 amide bonds. The van der Waals surface area contributed by atoms with E-state index in [1.807, 2.05) is 0 Å². The minimum atomic E-state index is -0.165. The Bertz CT molecular complexity index is 182. The standard InChI is InChI=1S/C12H25NO2/c1-6-8-10(4)13-11(9(3)7-2)12(14)15-5/h9-11,13H,6-8H2,1-5H3/t9-,10?,11-/m0/s1. The molecule has 0 aromatic rings. The highest BCUT2D eigenvalue weighted by Crippen LogP contribution is 2.11. The second kappa shape index (κ2) is 7.69. The van der Waals surface area contributed by atoms with Crippen LogP contribution in [0.1, 0.15) is 47.0 Å². The number of hydrogen-bond acceptors (Lipinski definition) is 3. The molecule has 0 saturated heterocycles. The number of nitrogens with one attached hydrogen (secondary N) is 1. The Morgan fingerprint density at radius 1 is 1.33 bits per heavy atom. The van der Waals surface area contributed by atoms with E-state index < -0.39 is 0 Å². The highest BCUT2D eigenvalue weighted by Gasteiger charge is 2.25. The van der Waals surface area contributed by atoms with E-state index in [1.54, 1.807) is 0 Å². The molecular formula is C12H25NO2. The van der Waals surface area contributed by atoms with Gasteiger partial charge in [-0.1, -0.05) is 33.6 Å². The molecule has 3 atom stereocenters. The van der Waals surface area contributed by atoms with Crippen molar-refractivity contribution in [2.45, 2.75) is 59.0 Å². The van der Waals surface area contributed by atoms with Crippen LogP contribution in [0.15, 0.2) is 0 Å². The molecule has 1 unspecified atom stereocenters. The SMILES string of the molecule is CCCC(C)N[C@H](C(=O)OC)[C@@H](C)CC. The van der Waals surface area contributed by atoms with Crippen molar-refractivity contribution in [2.75, 3.05) is 7.11 Å². The van der Waals surface area contributed by atoms with Gasteiger partial charge in [-0.05, 0) is 19.3 Å². The van der Waals surface area contributed by atoms with Crippen molar-refractivity contribution in [2.24, 2.45) is 5.92 Å². The molecule has 1 N–H and O–H groups in total. The van der Waals surface area contributed by atoms with Gasteiger partial charge in [-0.15, -0.1) is 0 Å². The first kappa shape index (κ1) is 14.4. The molecule has 0 aromatic heterocycles. The van der Waals surface area contributed by atoms with Gasteiger partial charge in [-0.3, -0.25) is 4.79 Å². The first-order chi connectivity index (χ1) is 7.06. The molecule has 0 radical (unpaired) electrons. The molecule has 3 heteroatoms. The molecule has 3 nitrogen and oxygen atoms in total. The summed E-state index contributed by atoms with van der Waals surface area (Å²) in [7, 11) is 1.45. The van der Waals surface area contributed by atoms with Crippen LogP contribution in [0.4, 0.5) is 0 Å². The van der Waals surface area contributed by atoms with E-state index in [-0.39, 0.29) is 12.0 Å². The lowest BCUT2D eigenvalue weighted by molar-refractivity contribution is -0.144. The Balaban J connectivity index is 4.30. The third-order valence-corrected chi connectivity index (χ3v) is 2.85. The van der Waals surface area contributed by atoms with Gasteiger partial charge in [0.1, 0.15) is 6.04 Å². The zero-order valence-corrected chi connectivity index (χ0v) is 10.7. The molecule has 0 bridgehead atoms. The largest absolute Gasteiger partial charge is 0.468 e. The molecule has 0 aromatic carbocycles. The molecular weight excluding hydrogens is 190 g/mol. The predicted molar refractivity (Wildman–Crippen MR) is 62.8 cm³/mol. The molecule has 15 heavy (non-hydrogen) atoms. The van der Waals surface area contributed by atoms with Gasteiger partial charge in [0.25, 0.3) is 0 Å². The van der Waals surface area contributed by atoms with Crippen molar-refractivity contribution in [3.05, 3.63) is 0 Å². The third kappa shape index (κ3) is 5.17. The number of methoxy groups -OCH3 is 1. The second-order valence-corrected chi connectivity index (χ2v) is 4.24. The molecule has 0 spiro atoms. The molecule has 0 saturated carbocycles. The Morgan fingerprint density at radius 2 is 1.93 bits per heavy atom. The second-order valence-electron chi connectivity index (χ2n) is 4.24. The summed E-state index contributed by atoms with van der Waals surface area (Å²) in [5.74, 6) is 0.170. The van der Waals surface area contributed by atoms with Crippen LogP contribution >= 0.6 is 0 Å². The lowest BCUT2D eigenvalue weighted by Gasteiger charge is -2.25. The molecule has 0 aliphatic rings. The summed E-state index contributed by atoms with van der Waals surface area (Å²) < 4.78 is 4.81. The highest BCUT2D eigenvalue weighted by molar-refractivity contribution is 5.76. The van der Waals surface area contributed by atoms with Gasteiger partial charge < -0.3 is 10.1 Å². The van der Waals surface area contributed by atoms with Crippen LogP contribution in [-0.2, 0) is 9.53 Å². The zero-order chi connectivity index (χ0) is 11.8. The van der Waals surface area contributed by atoms with Crippen molar-refractivity contribution in [3.63, 3.8) is 0 Å². The first-order valence-electron chi connectivity index (χ1n) is 5.90.